The Morgan fingerprint density at radius 1 is 1.00 bits per heavy atom. The van der Waals surface area contributed by atoms with E-state index in [9.17, 15) is 4.79 Å². The number of nitrogens with zero attached hydrogens (tertiary/aromatic N) is 5. The topological polar surface area (TPSA) is 98.6 Å². The third kappa shape index (κ3) is 3.94. The maximum atomic E-state index is 12.5. The van der Waals surface area contributed by atoms with Gasteiger partial charge in [-0.25, -0.2) is 14.9 Å². The van der Waals surface area contributed by atoms with Crippen molar-refractivity contribution < 1.29 is 9.53 Å². The van der Waals surface area contributed by atoms with Crippen LogP contribution in [0, 0.1) is 0 Å². The van der Waals surface area contributed by atoms with Crippen molar-refractivity contribution in [3.8, 4) is 22.5 Å². The molecule has 0 radical (unpaired) electrons. The number of carbonyl (C=O) groups excluding carboxylic acids is 1. The van der Waals surface area contributed by atoms with E-state index in [1.54, 1.807) is 6.07 Å². The summed E-state index contributed by atoms with van der Waals surface area (Å²) in [5, 5.41) is 14.3. The molecule has 0 unspecified atom stereocenters. The summed E-state index contributed by atoms with van der Waals surface area (Å²) >= 11 is 0. The van der Waals surface area contributed by atoms with Crippen molar-refractivity contribution in [3.05, 3.63) is 83.7 Å². The number of aromatic nitrogens is 6. The van der Waals surface area contributed by atoms with Crippen molar-refractivity contribution in [1.29, 1.82) is 0 Å². The highest BCUT2D eigenvalue weighted by Crippen LogP contribution is 2.30. The Kier molecular flexibility index (Phi) is 5.86. The number of H-pyrrole nitrogens is 1. The van der Waals surface area contributed by atoms with Crippen molar-refractivity contribution in [2.45, 2.75) is 26.3 Å². The highest BCUT2D eigenvalue weighted by molar-refractivity contribution is 6.02. The van der Waals surface area contributed by atoms with E-state index in [1.807, 2.05) is 30.3 Å². The van der Waals surface area contributed by atoms with E-state index >= 15 is 0 Å². The maximum absolute atomic E-state index is 12.5. The lowest BCUT2D eigenvalue weighted by Crippen LogP contribution is -2.09. The molecule has 0 spiro atoms. The van der Waals surface area contributed by atoms with E-state index in [4.69, 9.17) is 9.72 Å². The van der Waals surface area contributed by atoms with E-state index in [2.05, 4.69) is 62.4 Å². The van der Waals surface area contributed by atoms with E-state index in [-0.39, 0.29) is 5.97 Å². The van der Waals surface area contributed by atoms with Crippen molar-refractivity contribution in [2.24, 2.45) is 0 Å². The molecule has 2 aromatic heterocycles. The molecule has 170 valence electrons. The average molecular weight is 453 g/mol. The molecule has 2 heterocycles. The van der Waals surface area contributed by atoms with Gasteiger partial charge < -0.3 is 9.30 Å². The molecule has 0 bridgehead atoms. The normalized spacial score (nSPS) is 11.1. The fourth-order valence-electron chi connectivity index (χ4n) is 4.28. The van der Waals surface area contributed by atoms with Gasteiger partial charge in [-0.2, -0.15) is 0 Å². The number of imidazole rings is 1. The van der Waals surface area contributed by atoms with E-state index < -0.39 is 0 Å². The van der Waals surface area contributed by atoms with Crippen molar-refractivity contribution in [1.82, 2.24) is 30.2 Å². The Balaban J connectivity index is 1.53. The number of fused-ring (bicyclic) bond motifs is 1. The summed E-state index contributed by atoms with van der Waals surface area (Å²) < 4.78 is 7.16. The van der Waals surface area contributed by atoms with Crippen LogP contribution in [0.2, 0.25) is 0 Å². The van der Waals surface area contributed by atoms with Crippen LogP contribution >= 0.6 is 0 Å². The fraction of sp³-hybridized carbons (Fsp3) is 0.192. The lowest BCUT2D eigenvalue weighted by atomic mass is 9.98. The largest absolute Gasteiger partial charge is 0.465 e. The second kappa shape index (κ2) is 9.27. The molecule has 8 heteroatoms. The highest BCUT2D eigenvalue weighted by Gasteiger charge is 2.18. The van der Waals surface area contributed by atoms with Gasteiger partial charge in [0.15, 0.2) is 5.82 Å². The quantitative estimate of drug-likeness (QED) is 0.360. The first kappa shape index (κ1) is 21.5. The first-order chi connectivity index (χ1) is 16.7. The van der Waals surface area contributed by atoms with Crippen LogP contribution < -0.4 is 0 Å². The number of aromatic amines is 1. The van der Waals surface area contributed by atoms with Crippen LogP contribution in [0.3, 0.4) is 0 Å². The van der Waals surface area contributed by atoms with E-state index in [0.717, 1.165) is 52.0 Å². The van der Waals surface area contributed by atoms with Crippen LogP contribution in [0.4, 0.5) is 0 Å². The molecular formula is C26H24N6O2. The number of tetrazole rings is 1. The molecule has 0 fully saturated rings. The minimum atomic E-state index is -0.358. The lowest BCUT2D eigenvalue weighted by Gasteiger charge is -2.12. The number of benzene rings is 3. The SMILES string of the molecule is CCCc1nc2cccc(C(=O)OC)c2n1Cc1ccc(-c2ccccc2-c2nnn[nH]2)cc1. The number of carbonyl (C=O) groups is 1. The van der Waals surface area contributed by atoms with Crippen LogP contribution in [0.15, 0.2) is 66.7 Å². The average Bonchev–Trinajstić information content (AvgIpc) is 3.53. The first-order valence-electron chi connectivity index (χ1n) is 11.2. The molecule has 0 saturated carbocycles. The molecule has 8 nitrogen and oxygen atoms in total. The third-order valence-electron chi connectivity index (χ3n) is 5.86. The summed E-state index contributed by atoms with van der Waals surface area (Å²) in [6.07, 6.45) is 1.79. The van der Waals surface area contributed by atoms with Crippen LogP contribution in [-0.2, 0) is 17.7 Å². The molecule has 3 aromatic carbocycles. The number of methoxy groups -OCH3 is 1. The molecule has 0 aliphatic carbocycles. The predicted octanol–water partition coefficient (Wildman–Crippen LogP) is 4.67. The molecular weight excluding hydrogens is 428 g/mol. The van der Waals surface area contributed by atoms with Crippen LogP contribution in [0.25, 0.3) is 33.5 Å². The van der Waals surface area contributed by atoms with Crippen LogP contribution in [-0.4, -0.2) is 43.3 Å². The van der Waals surface area contributed by atoms with Crippen molar-refractivity contribution in [2.75, 3.05) is 7.11 Å². The zero-order valence-corrected chi connectivity index (χ0v) is 19.0. The Bertz CT molecular complexity index is 1440. The van der Waals surface area contributed by atoms with Gasteiger partial charge in [0, 0.05) is 18.5 Å². The second-order valence-corrected chi connectivity index (χ2v) is 8.02. The van der Waals surface area contributed by atoms with Gasteiger partial charge in [0.2, 0.25) is 0 Å². The van der Waals surface area contributed by atoms with Gasteiger partial charge in [-0.15, -0.1) is 5.10 Å². The summed E-state index contributed by atoms with van der Waals surface area (Å²) in [4.78, 5) is 17.3. The number of hydrogen-bond acceptors (Lipinski definition) is 6. The lowest BCUT2D eigenvalue weighted by molar-refractivity contribution is 0.0602. The first-order valence-corrected chi connectivity index (χ1v) is 11.2. The Hall–Kier alpha value is -4.33. The molecule has 34 heavy (non-hydrogen) atoms. The number of esters is 1. The van der Waals surface area contributed by atoms with E-state index in [1.165, 1.54) is 7.11 Å². The van der Waals surface area contributed by atoms with Gasteiger partial charge in [-0.05, 0) is 45.7 Å². The van der Waals surface area contributed by atoms with Gasteiger partial charge in [0.25, 0.3) is 0 Å². The molecule has 0 aliphatic rings. The Labute approximate surface area is 196 Å². The molecule has 5 aromatic rings. The van der Waals surface area contributed by atoms with Gasteiger partial charge >= 0.3 is 5.97 Å². The fourth-order valence-corrected chi connectivity index (χ4v) is 4.28. The summed E-state index contributed by atoms with van der Waals surface area (Å²) in [6.45, 7) is 2.73. The second-order valence-electron chi connectivity index (χ2n) is 8.02. The molecule has 0 amide bonds. The standard InChI is InChI=1S/C26H24N6O2/c1-3-7-23-27-22-11-6-10-21(26(33)34-2)24(22)32(23)16-17-12-14-18(15-13-17)19-8-4-5-9-20(19)25-28-30-31-29-25/h4-6,8-15H,3,7,16H2,1-2H3,(H,28,29,30,31). The molecule has 0 saturated heterocycles. The minimum Gasteiger partial charge on any atom is -0.465 e. The zero-order valence-electron chi connectivity index (χ0n) is 19.0. The number of aryl methyl sites for hydroxylation is 1. The van der Waals surface area contributed by atoms with Crippen molar-refractivity contribution in [3.63, 3.8) is 0 Å². The number of ether oxygens (including phenoxy) is 1. The van der Waals surface area contributed by atoms with Gasteiger partial charge in [0.05, 0.1) is 23.7 Å². The molecule has 5 rings (SSSR count). The third-order valence-corrected chi connectivity index (χ3v) is 5.86. The smallest absolute Gasteiger partial charge is 0.340 e. The van der Waals surface area contributed by atoms with Crippen molar-refractivity contribution >= 4 is 17.0 Å². The number of para-hydroxylation sites is 1. The van der Waals surface area contributed by atoms with Gasteiger partial charge in [-0.1, -0.05) is 61.5 Å². The van der Waals surface area contributed by atoms with Gasteiger partial charge in [-0.3, -0.25) is 0 Å². The summed E-state index contributed by atoms with van der Waals surface area (Å²) in [6, 6.07) is 22.0. The van der Waals surface area contributed by atoms with Crippen LogP contribution in [0.1, 0.15) is 35.1 Å². The monoisotopic (exact) mass is 452 g/mol. The Morgan fingerprint density at radius 2 is 1.79 bits per heavy atom. The zero-order chi connectivity index (χ0) is 23.5. The summed E-state index contributed by atoms with van der Waals surface area (Å²) in [5.74, 6) is 1.23. The summed E-state index contributed by atoms with van der Waals surface area (Å²) in [5.41, 5.74) is 6.30. The minimum absolute atomic E-state index is 0.358. The number of rotatable bonds is 7. The summed E-state index contributed by atoms with van der Waals surface area (Å²) in [7, 11) is 1.40. The van der Waals surface area contributed by atoms with Gasteiger partial charge in [0.1, 0.15) is 5.82 Å². The molecule has 0 aliphatic heterocycles. The number of nitrogens with one attached hydrogen (secondary N) is 1. The Morgan fingerprint density at radius 3 is 2.50 bits per heavy atom. The van der Waals surface area contributed by atoms with E-state index in [0.29, 0.717) is 17.9 Å². The number of hydrogen-bond donors (Lipinski definition) is 1. The maximum Gasteiger partial charge on any atom is 0.340 e. The highest BCUT2D eigenvalue weighted by atomic mass is 16.5. The molecule has 1 N–H and O–H groups in total. The molecule has 0 atom stereocenters. The predicted molar refractivity (Wildman–Crippen MR) is 129 cm³/mol. The van der Waals surface area contributed by atoms with Crippen LogP contribution in [0.5, 0.6) is 0 Å².